The molecular formula is C15H20N2O4S2. The number of thiophene rings is 1. The van der Waals surface area contributed by atoms with Gasteiger partial charge in [-0.1, -0.05) is 25.1 Å². The first kappa shape index (κ1) is 17.9. The summed E-state index contributed by atoms with van der Waals surface area (Å²) in [6.45, 7) is 5.67. The summed E-state index contributed by atoms with van der Waals surface area (Å²) in [7, 11) is -3.66. The summed E-state index contributed by atoms with van der Waals surface area (Å²) in [5.41, 5.74) is 0.501. The minimum Gasteiger partial charge on any atom is -0.477 e. The molecule has 0 aliphatic carbocycles. The predicted octanol–water partition coefficient (Wildman–Crippen LogP) is 2.66. The average molecular weight is 356 g/mol. The fraction of sp³-hybridized carbons (Fsp3) is 0.400. The van der Waals surface area contributed by atoms with Gasteiger partial charge in [-0.15, -0.1) is 11.3 Å². The van der Waals surface area contributed by atoms with E-state index >= 15 is 0 Å². The van der Waals surface area contributed by atoms with E-state index in [1.807, 2.05) is 24.3 Å². The van der Waals surface area contributed by atoms with E-state index < -0.39 is 16.2 Å². The van der Waals surface area contributed by atoms with Gasteiger partial charge in [-0.05, 0) is 25.3 Å². The van der Waals surface area contributed by atoms with Crippen LogP contribution < -0.4 is 4.72 Å². The van der Waals surface area contributed by atoms with Gasteiger partial charge in [0.1, 0.15) is 4.88 Å². The van der Waals surface area contributed by atoms with Crippen molar-refractivity contribution in [2.45, 2.75) is 33.4 Å². The molecule has 0 bridgehead atoms. The van der Waals surface area contributed by atoms with E-state index in [-0.39, 0.29) is 17.5 Å². The van der Waals surface area contributed by atoms with Crippen molar-refractivity contribution in [1.29, 1.82) is 0 Å². The molecule has 0 saturated heterocycles. The number of nitrogens with zero attached hydrogens (tertiary/aromatic N) is 1. The first-order chi connectivity index (χ1) is 10.8. The zero-order valence-corrected chi connectivity index (χ0v) is 14.9. The molecule has 0 fully saturated rings. The predicted molar refractivity (Wildman–Crippen MR) is 92.1 cm³/mol. The molecule has 126 valence electrons. The van der Waals surface area contributed by atoms with Gasteiger partial charge in [0.15, 0.2) is 0 Å². The highest BCUT2D eigenvalue weighted by Crippen LogP contribution is 2.31. The van der Waals surface area contributed by atoms with Crippen molar-refractivity contribution < 1.29 is 18.3 Å². The van der Waals surface area contributed by atoms with Gasteiger partial charge < -0.3 is 5.11 Å². The third kappa shape index (κ3) is 3.72. The number of benzene rings is 1. The molecule has 1 heterocycles. The van der Waals surface area contributed by atoms with Crippen LogP contribution in [0.3, 0.4) is 0 Å². The molecular weight excluding hydrogens is 336 g/mol. The van der Waals surface area contributed by atoms with E-state index in [0.717, 1.165) is 21.4 Å². The highest BCUT2D eigenvalue weighted by Gasteiger charge is 2.25. The van der Waals surface area contributed by atoms with E-state index in [1.165, 1.54) is 4.31 Å². The molecule has 0 unspecified atom stereocenters. The van der Waals surface area contributed by atoms with Gasteiger partial charge in [-0.25, -0.2) is 4.79 Å². The number of hydrogen-bond acceptors (Lipinski definition) is 4. The zero-order chi connectivity index (χ0) is 17.2. The second-order valence-corrected chi connectivity index (χ2v) is 8.09. The first-order valence-electron chi connectivity index (χ1n) is 7.28. The third-order valence-electron chi connectivity index (χ3n) is 3.52. The Bertz CT molecular complexity index is 812. The van der Waals surface area contributed by atoms with Crippen LogP contribution >= 0.6 is 11.3 Å². The molecule has 1 aromatic heterocycles. The highest BCUT2D eigenvalue weighted by atomic mass is 32.2. The second-order valence-electron chi connectivity index (χ2n) is 5.33. The lowest BCUT2D eigenvalue weighted by atomic mass is 10.1. The lowest BCUT2D eigenvalue weighted by Gasteiger charge is -2.24. The monoisotopic (exact) mass is 356 g/mol. The van der Waals surface area contributed by atoms with Crippen LogP contribution in [0.25, 0.3) is 10.1 Å². The Hall–Kier alpha value is -1.48. The number of hydrogen-bond donors (Lipinski definition) is 2. The Morgan fingerprint density at radius 3 is 2.57 bits per heavy atom. The van der Waals surface area contributed by atoms with Crippen molar-refractivity contribution in [3.05, 3.63) is 34.7 Å². The second kappa shape index (κ2) is 6.96. The third-order valence-corrected chi connectivity index (χ3v) is 6.53. The van der Waals surface area contributed by atoms with Crippen molar-refractivity contribution >= 4 is 37.6 Å². The van der Waals surface area contributed by atoms with Gasteiger partial charge in [-0.3, -0.25) is 0 Å². The van der Waals surface area contributed by atoms with Crippen LogP contribution in [-0.4, -0.2) is 36.4 Å². The first-order valence-corrected chi connectivity index (χ1v) is 9.53. The van der Waals surface area contributed by atoms with Crippen molar-refractivity contribution in [2.24, 2.45) is 0 Å². The van der Waals surface area contributed by atoms with Gasteiger partial charge >= 0.3 is 5.97 Å². The fourth-order valence-electron chi connectivity index (χ4n) is 2.51. The fourth-order valence-corrected chi connectivity index (χ4v) is 4.95. The summed E-state index contributed by atoms with van der Waals surface area (Å²) >= 11 is 1.16. The Balaban J connectivity index is 2.35. The van der Waals surface area contributed by atoms with E-state index in [9.17, 15) is 18.3 Å². The van der Waals surface area contributed by atoms with Crippen LogP contribution in [0.5, 0.6) is 0 Å². The maximum absolute atomic E-state index is 12.4. The summed E-state index contributed by atoms with van der Waals surface area (Å²) < 4.78 is 29.5. The zero-order valence-electron chi connectivity index (χ0n) is 13.2. The minimum absolute atomic E-state index is 0.0444. The number of carbonyl (C=O) groups is 1. The van der Waals surface area contributed by atoms with E-state index in [2.05, 4.69) is 4.72 Å². The number of rotatable bonds is 7. The average Bonchev–Trinajstić information content (AvgIpc) is 2.84. The molecule has 6 nitrogen and oxygen atoms in total. The summed E-state index contributed by atoms with van der Waals surface area (Å²) in [4.78, 5) is 11.6. The van der Waals surface area contributed by atoms with Crippen molar-refractivity contribution in [1.82, 2.24) is 9.03 Å². The number of aromatic carboxylic acids is 1. The number of carboxylic acid groups (broad SMARTS) is 1. The molecule has 0 atom stereocenters. The van der Waals surface area contributed by atoms with Crippen molar-refractivity contribution in [3.63, 3.8) is 0 Å². The number of carboxylic acids is 1. The lowest BCUT2D eigenvalue weighted by molar-refractivity contribution is 0.0701. The normalized spacial score (nSPS) is 12.4. The molecule has 0 aliphatic rings. The van der Waals surface area contributed by atoms with Crippen molar-refractivity contribution in [2.75, 3.05) is 6.54 Å². The molecule has 0 saturated carbocycles. The summed E-state index contributed by atoms with van der Waals surface area (Å²) in [5, 5.41) is 10.1. The lowest BCUT2D eigenvalue weighted by Crippen LogP contribution is -2.44. The van der Waals surface area contributed by atoms with E-state index in [1.54, 1.807) is 20.8 Å². The van der Waals surface area contributed by atoms with Crippen LogP contribution in [0, 0.1) is 0 Å². The topological polar surface area (TPSA) is 86.7 Å². The number of fused-ring (bicyclic) bond motifs is 1. The van der Waals surface area contributed by atoms with Gasteiger partial charge in [0.05, 0.1) is 0 Å². The molecule has 2 rings (SSSR count). The van der Waals surface area contributed by atoms with Crippen LogP contribution in [0.15, 0.2) is 24.3 Å². The maximum atomic E-state index is 12.4. The van der Waals surface area contributed by atoms with Crippen LogP contribution in [0.1, 0.15) is 36.0 Å². The Morgan fingerprint density at radius 1 is 1.35 bits per heavy atom. The summed E-state index contributed by atoms with van der Waals surface area (Å²) in [6.07, 6.45) is 0. The molecule has 0 spiro atoms. The molecule has 0 aliphatic heterocycles. The van der Waals surface area contributed by atoms with Crippen molar-refractivity contribution in [3.8, 4) is 0 Å². The Morgan fingerprint density at radius 2 is 2.00 bits per heavy atom. The minimum atomic E-state index is -3.66. The van der Waals surface area contributed by atoms with E-state index in [4.69, 9.17) is 0 Å². The number of nitrogens with one attached hydrogen (secondary N) is 1. The van der Waals surface area contributed by atoms with E-state index in [0.29, 0.717) is 12.1 Å². The highest BCUT2D eigenvalue weighted by molar-refractivity contribution is 7.87. The summed E-state index contributed by atoms with van der Waals surface area (Å²) in [6, 6.07) is 7.11. The molecule has 2 aromatic rings. The molecule has 8 heteroatoms. The maximum Gasteiger partial charge on any atom is 0.346 e. The SMILES string of the molecule is CCN(C(C)C)S(=O)(=O)NCc1c(C(=O)O)sc2ccccc12. The molecule has 0 radical (unpaired) electrons. The van der Waals surface area contributed by atoms with Crippen LogP contribution in [-0.2, 0) is 16.8 Å². The van der Waals surface area contributed by atoms with Crippen LogP contribution in [0.4, 0.5) is 0 Å². The van der Waals surface area contributed by atoms with Gasteiger partial charge in [-0.2, -0.15) is 17.4 Å². The molecule has 0 amide bonds. The Kier molecular flexibility index (Phi) is 5.41. The van der Waals surface area contributed by atoms with Crippen LogP contribution in [0.2, 0.25) is 0 Å². The molecule has 2 N–H and O–H groups in total. The largest absolute Gasteiger partial charge is 0.477 e. The molecule has 23 heavy (non-hydrogen) atoms. The van der Waals surface area contributed by atoms with Gasteiger partial charge in [0, 0.05) is 29.4 Å². The molecule has 1 aromatic carbocycles. The Labute approximate surface area is 139 Å². The smallest absolute Gasteiger partial charge is 0.346 e. The summed E-state index contributed by atoms with van der Waals surface area (Å²) in [5.74, 6) is -1.04. The van der Waals surface area contributed by atoms with Gasteiger partial charge in [0.2, 0.25) is 0 Å². The quantitative estimate of drug-likeness (QED) is 0.798. The standard InChI is InChI=1S/C15H20N2O4S2/c1-4-17(10(2)3)23(20,21)16-9-12-11-7-5-6-8-13(11)22-14(12)15(18)19/h5-8,10,16H,4,9H2,1-3H3,(H,18,19). The van der Waals surface area contributed by atoms with Gasteiger partial charge in [0.25, 0.3) is 10.2 Å².